The van der Waals surface area contributed by atoms with E-state index in [1.165, 1.54) is 0 Å². The van der Waals surface area contributed by atoms with Crippen LogP contribution in [0, 0.1) is 0 Å². The van der Waals surface area contributed by atoms with Crippen LogP contribution in [0.25, 0.3) is 0 Å². The predicted molar refractivity (Wildman–Crippen MR) is 71.9 cm³/mol. The molecule has 1 saturated heterocycles. The van der Waals surface area contributed by atoms with Gasteiger partial charge in [0.2, 0.25) is 0 Å². The van der Waals surface area contributed by atoms with Crippen LogP contribution in [0.2, 0.25) is 5.02 Å². The first-order valence-corrected chi connectivity index (χ1v) is 6.24. The Balaban J connectivity index is 1.75. The highest BCUT2D eigenvalue weighted by Crippen LogP contribution is 2.32. The molecule has 0 aliphatic carbocycles. The third kappa shape index (κ3) is 2.17. The Morgan fingerprint density at radius 1 is 1.00 bits per heavy atom. The third-order valence-corrected chi connectivity index (χ3v) is 3.41. The molecule has 3 rings (SSSR count). The average Bonchev–Trinajstić information content (AvgIpc) is 3.20. The normalized spacial score (nSPS) is 21.6. The van der Waals surface area contributed by atoms with E-state index in [-0.39, 0.29) is 17.9 Å². The van der Waals surface area contributed by atoms with Gasteiger partial charge in [0.05, 0.1) is 12.1 Å². The van der Waals surface area contributed by atoms with Gasteiger partial charge in [-0.3, -0.25) is 10.1 Å². The summed E-state index contributed by atoms with van der Waals surface area (Å²) in [5, 5.41) is 3.92. The molecule has 0 amide bonds. The number of hydrogen-bond donors (Lipinski definition) is 1. The van der Waals surface area contributed by atoms with Gasteiger partial charge < -0.3 is 0 Å². The van der Waals surface area contributed by atoms with E-state index in [1.807, 2.05) is 54.6 Å². The Kier molecular flexibility index (Phi) is 2.90. The molecule has 1 heterocycles. The lowest BCUT2D eigenvalue weighted by molar-refractivity contribution is 0.0988. The highest BCUT2D eigenvalue weighted by molar-refractivity contribution is 6.30. The maximum absolute atomic E-state index is 12.2. The fourth-order valence-electron chi connectivity index (χ4n) is 2.11. The molecule has 2 aromatic rings. The molecule has 0 radical (unpaired) electrons. The zero-order valence-electron chi connectivity index (χ0n) is 9.64. The second-order valence-electron chi connectivity index (χ2n) is 4.40. The van der Waals surface area contributed by atoms with Crippen molar-refractivity contribution in [2.75, 3.05) is 0 Å². The monoisotopic (exact) mass is 257 g/mol. The number of carbonyl (C=O) groups is 1. The van der Waals surface area contributed by atoms with Gasteiger partial charge in [0.1, 0.15) is 0 Å². The van der Waals surface area contributed by atoms with Gasteiger partial charge in [0, 0.05) is 10.6 Å². The van der Waals surface area contributed by atoms with Crippen molar-refractivity contribution < 1.29 is 4.79 Å². The van der Waals surface area contributed by atoms with Crippen molar-refractivity contribution in [3.05, 3.63) is 70.7 Å². The minimum atomic E-state index is -0.103. The lowest BCUT2D eigenvalue weighted by atomic mass is 10.0. The van der Waals surface area contributed by atoms with Crippen LogP contribution in [0.15, 0.2) is 54.6 Å². The van der Waals surface area contributed by atoms with Crippen LogP contribution in [0.1, 0.15) is 22.0 Å². The van der Waals surface area contributed by atoms with Crippen molar-refractivity contribution in [3.63, 3.8) is 0 Å². The number of benzene rings is 2. The van der Waals surface area contributed by atoms with E-state index in [9.17, 15) is 4.79 Å². The number of rotatable bonds is 3. The summed E-state index contributed by atoms with van der Waals surface area (Å²) in [5.41, 5.74) is 1.86. The highest BCUT2D eigenvalue weighted by Gasteiger charge is 2.43. The van der Waals surface area contributed by atoms with Crippen LogP contribution in [0.3, 0.4) is 0 Å². The number of halogens is 1. The van der Waals surface area contributed by atoms with Crippen LogP contribution >= 0.6 is 11.6 Å². The first-order valence-electron chi connectivity index (χ1n) is 5.86. The Morgan fingerprint density at radius 3 is 2.33 bits per heavy atom. The number of hydrogen-bond acceptors (Lipinski definition) is 2. The molecule has 0 aromatic heterocycles. The summed E-state index contributed by atoms with van der Waals surface area (Å²) in [5.74, 6) is 0.149. The summed E-state index contributed by atoms with van der Waals surface area (Å²) in [4.78, 5) is 12.2. The Hall–Kier alpha value is -1.64. The Labute approximate surface area is 111 Å². The van der Waals surface area contributed by atoms with Gasteiger partial charge in [-0.05, 0) is 17.7 Å². The number of carbonyl (C=O) groups excluding carboxylic acids is 1. The molecule has 2 aromatic carbocycles. The summed E-state index contributed by atoms with van der Waals surface area (Å²) in [6, 6.07) is 17.0. The van der Waals surface area contributed by atoms with Crippen LogP contribution in [-0.4, -0.2) is 11.8 Å². The third-order valence-electron chi connectivity index (χ3n) is 3.15. The van der Waals surface area contributed by atoms with Gasteiger partial charge in [-0.1, -0.05) is 54.1 Å². The topological polar surface area (TPSA) is 39.0 Å². The summed E-state index contributed by atoms with van der Waals surface area (Å²) >= 11 is 5.84. The standard InChI is InChI=1S/C15H12ClNO/c16-12-8-6-10(7-9-12)13-14(17-13)15(18)11-4-2-1-3-5-11/h1-9,13-14,17H/t13-,14-/m0/s1. The fourth-order valence-corrected chi connectivity index (χ4v) is 2.23. The SMILES string of the molecule is O=C(c1ccccc1)[C@H]1N[C@H]1c1ccc(Cl)cc1. The van der Waals surface area contributed by atoms with E-state index in [0.717, 1.165) is 11.1 Å². The van der Waals surface area contributed by atoms with Gasteiger partial charge in [0.15, 0.2) is 5.78 Å². The van der Waals surface area contributed by atoms with Gasteiger partial charge in [-0.25, -0.2) is 0 Å². The van der Waals surface area contributed by atoms with E-state index < -0.39 is 0 Å². The van der Waals surface area contributed by atoms with Crippen molar-refractivity contribution in [2.24, 2.45) is 0 Å². The fraction of sp³-hybridized carbons (Fsp3) is 0.133. The van der Waals surface area contributed by atoms with Crippen molar-refractivity contribution >= 4 is 17.4 Å². The molecule has 1 N–H and O–H groups in total. The zero-order chi connectivity index (χ0) is 12.5. The van der Waals surface area contributed by atoms with Crippen LogP contribution in [-0.2, 0) is 0 Å². The van der Waals surface area contributed by atoms with Gasteiger partial charge >= 0.3 is 0 Å². The van der Waals surface area contributed by atoms with Gasteiger partial charge in [-0.2, -0.15) is 0 Å². The molecule has 0 bridgehead atoms. The molecular weight excluding hydrogens is 246 g/mol. The minimum absolute atomic E-state index is 0.103. The van der Waals surface area contributed by atoms with E-state index in [2.05, 4.69) is 5.32 Å². The molecule has 2 nitrogen and oxygen atoms in total. The van der Waals surface area contributed by atoms with Crippen molar-refractivity contribution in [1.29, 1.82) is 0 Å². The summed E-state index contributed by atoms with van der Waals surface area (Å²) < 4.78 is 0. The second kappa shape index (κ2) is 4.56. The smallest absolute Gasteiger partial charge is 0.181 e. The van der Waals surface area contributed by atoms with Crippen LogP contribution in [0.5, 0.6) is 0 Å². The Bertz CT molecular complexity index is 565. The molecular formula is C15H12ClNO. The number of Topliss-reactive ketones (excluding diaryl/α,β-unsaturated/α-hetero) is 1. The molecule has 1 fully saturated rings. The highest BCUT2D eigenvalue weighted by atomic mass is 35.5. The molecule has 90 valence electrons. The molecule has 0 saturated carbocycles. The predicted octanol–water partition coefficient (Wildman–Crippen LogP) is 3.24. The van der Waals surface area contributed by atoms with Crippen LogP contribution in [0.4, 0.5) is 0 Å². The molecule has 1 aliphatic rings. The quantitative estimate of drug-likeness (QED) is 0.677. The molecule has 0 spiro atoms. The number of nitrogens with one attached hydrogen (secondary N) is 1. The first kappa shape index (κ1) is 11.5. The van der Waals surface area contributed by atoms with Gasteiger partial charge in [-0.15, -0.1) is 0 Å². The van der Waals surface area contributed by atoms with Crippen molar-refractivity contribution in [3.8, 4) is 0 Å². The molecule has 1 aliphatic heterocycles. The second-order valence-corrected chi connectivity index (χ2v) is 4.84. The van der Waals surface area contributed by atoms with E-state index >= 15 is 0 Å². The lowest BCUT2D eigenvalue weighted by Gasteiger charge is -1.99. The maximum Gasteiger partial charge on any atom is 0.181 e. The summed E-state index contributed by atoms with van der Waals surface area (Å²) in [7, 11) is 0. The first-order chi connectivity index (χ1) is 8.75. The van der Waals surface area contributed by atoms with Crippen molar-refractivity contribution in [1.82, 2.24) is 5.32 Å². The van der Waals surface area contributed by atoms with E-state index in [0.29, 0.717) is 5.02 Å². The molecule has 0 unspecified atom stereocenters. The molecule has 2 atom stereocenters. The van der Waals surface area contributed by atoms with Crippen molar-refractivity contribution in [2.45, 2.75) is 12.1 Å². The lowest BCUT2D eigenvalue weighted by Crippen LogP contribution is -2.09. The largest absolute Gasteiger partial charge is 0.297 e. The van der Waals surface area contributed by atoms with Gasteiger partial charge in [0.25, 0.3) is 0 Å². The van der Waals surface area contributed by atoms with E-state index in [4.69, 9.17) is 11.6 Å². The zero-order valence-corrected chi connectivity index (χ0v) is 10.4. The minimum Gasteiger partial charge on any atom is -0.297 e. The molecule has 3 heteroatoms. The Morgan fingerprint density at radius 2 is 1.67 bits per heavy atom. The summed E-state index contributed by atoms with van der Waals surface area (Å²) in [6.07, 6.45) is 0. The maximum atomic E-state index is 12.2. The number of ketones is 1. The molecule has 18 heavy (non-hydrogen) atoms. The summed E-state index contributed by atoms with van der Waals surface area (Å²) in [6.45, 7) is 0. The average molecular weight is 258 g/mol. The van der Waals surface area contributed by atoms with E-state index in [1.54, 1.807) is 0 Å². The van der Waals surface area contributed by atoms with Crippen LogP contribution < -0.4 is 5.32 Å².